The van der Waals surface area contributed by atoms with Gasteiger partial charge in [0.1, 0.15) is 6.10 Å². The fourth-order valence-corrected chi connectivity index (χ4v) is 3.95. The molecule has 3 rings (SSSR count). The first-order valence-electron chi connectivity index (χ1n) is 11.2. The minimum Gasteiger partial charge on any atom is -0.504 e. The van der Waals surface area contributed by atoms with Gasteiger partial charge in [0, 0.05) is 18.6 Å². The van der Waals surface area contributed by atoms with Crippen molar-refractivity contribution in [3.8, 4) is 23.0 Å². The SMILES string of the molecule is COC(=O)C1(O)CC(OC(=O)/C=C/c2ccc(O)c(O)c2)CC(O)(OC(=O)/C=C/c2ccc(O)c(O)c2)C1. The van der Waals surface area contributed by atoms with Crippen LogP contribution in [0.1, 0.15) is 30.4 Å². The second-order valence-electron chi connectivity index (χ2n) is 8.70. The van der Waals surface area contributed by atoms with Gasteiger partial charge in [0.25, 0.3) is 0 Å². The summed E-state index contributed by atoms with van der Waals surface area (Å²) in [5.74, 6) is -7.12. The zero-order chi connectivity index (χ0) is 28.1. The number of carbonyl (C=O) groups is 3. The molecule has 1 fully saturated rings. The van der Waals surface area contributed by atoms with E-state index in [1.54, 1.807) is 0 Å². The number of rotatable bonds is 7. The molecule has 2 aromatic carbocycles. The maximum atomic E-state index is 12.4. The molecule has 3 unspecified atom stereocenters. The molecule has 0 aliphatic heterocycles. The molecule has 0 aromatic heterocycles. The van der Waals surface area contributed by atoms with Crippen molar-refractivity contribution in [3.63, 3.8) is 0 Å². The van der Waals surface area contributed by atoms with E-state index in [4.69, 9.17) is 9.47 Å². The van der Waals surface area contributed by atoms with Gasteiger partial charge in [-0.05, 0) is 47.5 Å². The number of aliphatic hydroxyl groups is 2. The summed E-state index contributed by atoms with van der Waals surface area (Å²) in [7, 11) is 1.01. The highest BCUT2D eigenvalue weighted by molar-refractivity contribution is 5.88. The second kappa shape index (κ2) is 11.2. The zero-order valence-electron chi connectivity index (χ0n) is 20.1. The van der Waals surface area contributed by atoms with Crippen LogP contribution in [-0.4, -0.2) is 73.1 Å². The Bertz CT molecular complexity index is 1280. The summed E-state index contributed by atoms with van der Waals surface area (Å²) in [6.45, 7) is 0. The predicted molar refractivity (Wildman–Crippen MR) is 129 cm³/mol. The number of esters is 3. The molecule has 0 amide bonds. The van der Waals surface area contributed by atoms with Crippen molar-refractivity contribution in [1.82, 2.24) is 0 Å². The molecule has 12 heteroatoms. The van der Waals surface area contributed by atoms with Gasteiger partial charge in [0.05, 0.1) is 20.0 Å². The molecule has 2 aromatic rings. The number of hydrogen-bond donors (Lipinski definition) is 6. The van der Waals surface area contributed by atoms with E-state index in [1.807, 2.05) is 0 Å². The Kier molecular flexibility index (Phi) is 8.29. The van der Waals surface area contributed by atoms with E-state index >= 15 is 0 Å². The minimum absolute atomic E-state index is 0.319. The maximum Gasteiger partial charge on any atom is 0.338 e. The van der Waals surface area contributed by atoms with Crippen LogP contribution in [0.3, 0.4) is 0 Å². The monoisotopic (exact) mass is 530 g/mol. The van der Waals surface area contributed by atoms with Crippen LogP contribution in [0, 0.1) is 0 Å². The second-order valence-corrected chi connectivity index (χ2v) is 8.70. The number of hydrogen-bond acceptors (Lipinski definition) is 12. The molecule has 1 aliphatic rings. The Morgan fingerprint density at radius 2 is 1.34 bits per heavy atom. The summed E-state index contributed by atoms with van der Waals surface area (Å²) in [5.41, 5.74) is -1.68. The third-order valence-electron chi connectivity index (χ3n) is 5.64. The fraction of sp³-hybridized carbons (Fsp3) is 0.269. The summed E-state index contributed by atoms with van der Waals surface area (Å²) < 4.78 is 15.0. The summed E-state index contributed by atoms with van der Waals surface area (Å²) in [4.78, 5) is 37.0. The van der Waals surface area contributed by atoms with Crippen molar-refractivity contribution in [3.05, 3.63) is 59.7 Å². The van der Waals surface area contributed by atoms with Crippen LogP contribution in [0.5, 0.6) is 23.0 Å². The maximum absolute atomic E-state index is 12.4. The Balaban J connectivity index is 1.73. The molecular weight excluding hydrogens is 504 g/mol. The molecular formula is C26H26O12. The quantitative estimate of drug-likeness (QED) is 0.0991. The number of carbonyl (C=O) groups excluding carboxylic acids is 3. The lowest BCUT2D eigenvalue weighted by Crippen LogP contribution is -2.57. The lowest BCUT2D eigenvalue weighted by Gasteiger charge is -2.42. The van der Waals surface area contributed by atoms with Gasteiger partial charge in [-0.2, -0.15) is 0 Å². The molecule has 1 saturated carbocycles. The van der Waals surface area contributed by atoms with Crippen LogP contribution >= 0.6 is 0 Å². The molecule has 12 nitrogen and oxygen atoms in total. The number of benzene rings is 2. The Morgan fingerprint density at radius 1 is 0.816 bits per heavy atom. The largest absolute Gasteiger partial charge is 0.504 e. The van der Waals surface area contributed by atoms with Crippen LogP contribution in [0.4, 0.5) is 0 Å². The molecule has 1 aliphatic carbocycles. The number of aromatic hydroxyl groups is 4. The summed E-state index contributed by atoms with van der Waals surface area (Å²) in [6, 6.07) is 7.59. The zero-order valence-corrected chi connectivity index (χ0v) is 20.1. The van der Waals surface area contributed by atoms with E-state index in [1.165, 1.54) is 48.6 Å². The molecule has 38 heavy (non-hydrogen) atoms. The van der Waals surface area contributed by atoms with E-state index < -0.39 is 66.2 Å². The lowest BCUT2D eigenvalue weighted by molar-refractivity contribution is -0.258. The highest BCUT2D eigenvalue weighted by Gasteiger charge is 2.55. The van der Waals surface area contributed by atoms with Crippen molar-refractivity contribution in [2.75, 3.05) is 7.11 Å². The first-order valence-corrected chi connectivity index (χ1v) is 11.2. The van der Waals surface area contributed by atoms with Crippen LogP contribution in [0.15, 0.2) is 48.6 Å². The highest BCUT2D eigenvalue weighted by atomic mass is 16.7. The van der Waals surface area contributed by atoms with Gasteiger partial charge in [-0.3, -0.25) is 0 Å². The highest BCUT2D eigenvalue weighted by Crippen LogP contribution is 2.39. The molecule has 0 bridgehead atoms. The summed E-state index contributed by atoms with van der Waals surface area (Å²) in [6.07, 6.45) is 1.41. The number of ether oxygens (including phenoxy) is 3. The topological polar surface area (TPSA) is 200 Å². The molecule has 0 spiro atoms. The van der Waals surface area contributed by atoms with Crippen molar-refractivity contribution < 1.29 is 59.2 Å². The minimum atomic E-state index is -2.43. The smallest absolute Gasteiger partial charge is 0.338 e. The third-order valence-corrected chi connectivity index (χ3v) is 5.64. The van der Waals surface area contributed by atoms with Crippen molar-refractivity contribution in [2.45, 2.75) is 36.8 Å². The molecule has 6 N–H and O–H groups in total. The van der Waals surface area contributed by atoms with Gasteiger partial charge in [-0.25, -0.2) is 14.4 Å². The molecule has 3 atom stereocenters. The predicted octanol–water partition coefficient (Wildman–Crippen LogP) is 1.47. The van der Waals surface area contributed by atoms with Gasteiger partial charge in [-0.1, -0.05) is 12.1 Å². The molecule has 0 saturated heterocycles. The average molecular weight is 530 g/mol. The van der Waals surface area contributed by atoms with Crippen LogP contribution in [-0.2, 0) is 28.6 Å². The Morgan fingerprint density at radius 3 is 1.84 bits per heavy atom. The third kappa shape index (κ3) is 7.02. The molecule has 202 valence electrons. The van der Waals surface area contributed by atoms with Crippen LogP contribution in [0.2, 0.25) is 0 Å². The Hall–Kier alpha value is -4.55. The van der Waals surface area contributed by atoms with Gasteiger partial charge in [-0.15, -0.1) is 0 Å². The van der Waals surface area contributed by atoms with E-state index in [9.17, 15) is 45.0 Å². The number of phenols is 4. The first-order chi connectivity index (χ1) is 17.8. The Labute approximate surface area is 216 Å². The van der Waals surface area contributed by atoms with E-state index in [2.05, 4.69) is 4.74 Å². The number of methoxy groups -OCH3 is 1. The van der Waals surface area contributed by atoms with E-state index in [0.717, 1.165) is 19.3 Å². The van der Waals surface area contributed by atoms with Crippen LogP contribution in [0.25, 0.3) is 12.2 Å². The number of phenolic OH excluding ortho intramolecular Hbond substituents is 4. The van der Waals surface area contributed by atoms with Gasteiger partial charge < -0.3 is 44.8 Å². The standard InChI is InChI=1S/C26H26O12/c1-36-24(33)25(34)12-17(37-22(31)8-4-15-2-6-18(27)20(29)10-15)13-26(35,14-25)38-23(32)9-5-16-3-7-19(28)21(30)11-16/h2-11,17,27-30,34-35H,12-14H2,1H3/b8-4+,9-5+. The van der Waals surface area contributed by atoms with Crippen molar-refractivity contribution >= 4 is 30.1 Å². The van der Waals surface area contributed by atoms with E-state index in [-0.39, 0.29) is 11.5 Å². The first kappa shape index (κ1) is 28.0. The summed E-state index contributed by atoms with van der Waals surface area (Å²) in [5, 5.41) is 59.6. The van der Waals surface area contributed by atoms with E-state index in [0.29, 0.717) is 11.1 Å². The normalized spacial score (nSPS) is 23.3. The average Bonchev–Trinajstić information content (AvgIpc) is 2.84. The van der Waals surface area contributed by atoms with Gasteiger partial charge >= 0.3 is 17.9 Å². The molecule has 0 radical (unpaired) electrons. The van der Waals surface area contributed by atoms with Crippen molar-refractivity contribution in [2.24, 2.45) is 0 Å². The lowest BCUT2D eigenvalue weighted by atomic mass is 9.79. The van der Waals surface area contributed by atoms with Gasteiger partial charge in [0.2, 0.25) is 5.79 Å². The van der Waals surface area contributed by atoms with Crippen molar-refractivity contribution in [1.29, 1.82) is 0 Å². The fourth-order valence-electron chi connectivity index (χ4n) is 3.95. The molecule has 0 heterocycles. The summed E-state index contributed by atoms with van der Waals surface area (Å²) >= 11 is 0. The van der Waals surface area contributed by atoms with Crippen LogP contribution < -0.4 is 0 Å². The van der Waals surface area contributed by atoms with Gasteiger partial charge in [0.15, 0.2) is 28.6 Å².